The fraction of sp³-hybridized carbons (Fsp3) is 1.00. The molecule has 0 spiro atoms. The lowest BCUT2D eigenvalue weighted by Gasteiger charge is -2.29. The number of nitrogens with one attached hydrogen (secondary N) is 1. The SMILES string of the molecule is CC1(C)CCCC1NCC(F)(F)C(F)F. The van der Waals surface area contributed by atoms with E-state index in [1.54, 1.807) is 0 Å². The van der Waals surface area contributed by atoms with Crippen molar-refractivity contribution >= 4 is 0 Å². The molecule has 0 aromatic heterocycles. The zero-order valence-corrected chi connectivity index (χ0v) is 8.99. The molecule has 1 N–H and O–H groups in total. The Labute approximate surface area is 87.2 Å². The van der Waals surface area contributed by atoms with Crippen molar-refractivity contribution < 1.29 is 17.6 Å². The monoisotopic (exact) mass is 227 g/mol. The largest absolute Gasteiger partial charge is 0.319 e. The first kappa shape index (κ1) is 12.7. The van der Waals surface area contributed by atoms with Gasteiger partial charge in [-0.2, -0.15) is 8.78 Å². The van der Waals surface area contributed by atoms with Crippen molar-refractivity contribution in [2.75, 3.05) is 6.54 Å². The van der Waals surface area contributed by atoms with E-state index >= 15 is 0 Å². The topological polar surface area (TPSA) is 12.0 Å². The fourth-order valence-corrected chi connectivity index (χ4v) is 2.04. The summed E-state index contributed by atoms with van der Waals surface area (Å²) in [5, 5.41) is 2.56. The maximum absolute atomic E-state index is 12.6. The molecule has 0 radical (unpaired) electrons. The van der Waals surface area contributed by atoms with Gasteiger partial charge in [0, 0.05) is 6.04 Å². The molecule has 1 atom stereocenters. The Balaban J connectivity index is 2.44. The Hall–Kier alpha value is -0.320. The molecule has 90 valence electrons. The number of alkyl halides is 4. The molecule has 0 heterocycles. The molecule has 1 aliphatic carbocycles. The van der Waals surface area contributed by atoms with Crippen LogP contribution in [0.3, 0.4) is 0 Å². The van der Waals surface area contributed by atoms with Gasteiger partial charge in [-0.3, -0.25) is 0 Å². The van der Waals surface area contributed by atoms with Crippen molar-refractivity contribution in [2.24, 2.45) is 5.41 Å². The van der Waals surface area contributed by atoms with Crippen LogP contribution in [0.2, 0.25) is 0 Å². The Morgan fingerprint density at radius 3 is 2.40 bits per heavy atom. The molecule has 15 heavy (non-hydrogen) atoms. The molecule has 1 saturated carbocycles. The summed E-state index contributed by atoms with van der Waals surface area (Å²) < 4.78 is 49.1. The van der Waals surface area contributed by atoms with Crippen LogP contribution in [0.25, 0.3) is 0 Å². The molecule has 1 unspecified atom stereocenters. The molecule has 0 amide bonds. The van der Waals surface area contributed by atoms with Crippen LogP contribution >= 0.6 is 0 Å². The second kappa shape index (κ2) is 4.28. The molecule has 1 aliphatic rings. The Kier molecular flexibility index (Phi) is 3.63. The lowest BCUT2D eigenvalue weighted by atomic mass is 9.87. The summed E-state index contributed by atoms with van der Waals surface area (Å²) in [6.07, 6.45) is -0.892. The van der Waals surface area contributed by atoms with Gasteiger partial charge in [-0.25, -0.2) is 8.78 Å². The van der Waals surface area contributed by atoms with Gasteiger partial charge in [0.25, 0.3) is 0 Å². The number of rotatable bonds is 4. The van der Waals surface area contributed by atoms with Gasteiger partial charge in [-0.05, 0) is 18.3 Å². The predicted molar refractivity (Wildman–Crippen MR) is 50.4 cm³/mol. The summed E-state index contributed by atoms with van der Waals surface area (Å²) >= 11 is 0. The Morgan fingerprint density at radius 2 is 2.00 bits per heavy atom. The van der Waals surface area contributed by atoms with E-state index in [1.165, 1.54) is 0 Å². The highest BCUT2D eigenvalue weighted by Gasteiger charge is 2.43. The van der Waals surface area contributed by atoms with Crippen LogP contribution in [0.5, 0.6) is 0 Å². The molecule has 0 aromatic rings. The molecular weight excluding hydrogens is 210 g/mol. The van der Waals surface area contributed by atoms with E-state index in [4.69, 9.17) is 0 Å². The molecule has 1 rings (SSSR count). The van der Waals surface area contributed by atoms with Crippen LogP contribution in [0.4, 0.5) is 17.6 Å². The first-order chi connectivity index (χ1) is 6.76. The summed E-state index contributed by atoms with van der Waals surface area (Å²) in [6, 6.07) is -0.0814. The zero-order valence-electron chi connectivity index (χ0n) is 8.99. The highest BCUT2D eigenvalue weighted by molar-refractivity contribution is 4.91. The van der Waals surface area contributed by atoms with Gasteiger partial charge in [0.05, 0.1) is 6.54 Å². The van der Waals surface area contributed by atoms with Crippen molar-refractivity contribution in [1.82, 2.24) is 5.32 Å². The molecule has 5 heteroatoms. The number of halogens is 4. The van der Waals surface area contributed by atoms with Gasteiger partial charge in [-0.15, -0.1) is 0 Å². The second-order valence-corrected chi connectivity index (χ2v) is 4.88. The normalized spacial score (nSPS) is 26.2. The highest BCUT2D eigenvalue weighted by Crippen LogP contribution is 2.37. The number of hydrogen-bond acceptors (Lipinski definition) is 1. The van der Waals surface area contributed by atoms with E-state index in [0.717, 1.165) is 19.3 Å². The van der Waals surface area contributed by atoms with Crippen LogP contribution in [-0.4, -0.2) is 24.9 Å². The first-order valence-corrected chi connectivity index (χ1v) is 5.15. The highest BCUT2D eigenvalue weighted by atomic mass is 19.3. The average Bonchev–Trinajstić information content (AvgIpc) is 2.41. The van der Waals surface area contributed by atoms with Crippen molar-refractivity contribution in [3.63, 3.8) is 0 Å². The molecule has 1 fully saturated rings. The first-order valence-electron chi connectivity index (χ1n) is 5.15. The van der Waals surface area contributed by atoms with Crippen molar-refractivity contribution in [2.45, 2.75) is 51.5 Å². The van der Waals surface area contributed by atoms with Gasteiger partial charge in [0.2, 0.25) is 0 Å². The summed E-state index contributed by atoms with van der Waals surface area (Å²) in [6.45, 7) is 3.01. The van der Waals surface area contributed by atoms with Crippen molar-refractivity contribution in [1.29, 1.82) is 0 Å². The number of hydrogen-bond donors (Lipinski definition) is 1. The van der Waals surface area contributed by atoms with Gasteiger partial charge >= 0.3 is 12.3 Å². The van der Waals surface area contributed by atoms with Gasteiger partial charge < -0.3 is 5.32 Å². The summed E-state index contributed by atoms with van der Waals surface area (Å²) in [7, 11) is 0. The molecular formula is C10H17F4N. The second-order valence-electron chi connectivity index (χ2n) is 4.88. The van der Waals surface area contributed by atoms with E-state index in [2.05, 4.69) is 5.32 Å². The predicted octanol–water partition coefficient (Wildman–Crippen LogP) is 3.06. The quantitative estimate of drug-likeness (QED) is 0.728. The minimum absolute atomic E-state index is 0.0712. The third-order valence-corrected chi connectivity index (χ3v) is 3.16. The van der Waals surface area contributed by atoms with Crippen molar-refractivity contribution in [3.05, 3.63) is 0 Å². The van der Waals surface area contributed by atoms with Crippen molar-refractivity contribution in [3.8, 4) is 0 Å². The molecule has 0 aliphatic heterocycles. The maximum atomic E-state index is 12.6. The van der Waals surface area contributed by atoms with E-state index in [1.807, 2.05) is 13.8 Å². The van der Waals surface area contributed by atoms with E-state index in [9.17, 15) is 17.6 Å². The zero-order chi connectivity index (χ0) is 11.7. The van der Waals surface area contributed by atoms with Gasteiger partial charge in [0.1, 0.15) is 0 Å². The average molecular weight is 227 g/mol. The van der Waals surface area contributed by atoms with Crippen LogP contribution in [-0.2, 0) is 0 Å². The molecule has 1 nitrogen and oxygen atoms in total. The van der Waals surface area contributed by atoms with E-state index < -0.39 is 18.9 Å². The minimum atomic E-state index is -3.92. The molecule has 0 aromatic carbocycles. The third kappa shape index (κ3) is 3.06. The smallest absolute Gasteiger partial charge is 0.308 e. The molecule has 0 saturated heterocycles. The Bertz CT molecular complexity index is 215. The standard InChI is InChI=1S/C10H17F4N/c1-9(2)5-3-4-7(9)15-6-10(13,14)8(11)12/h7-8,15H,3-6H2,1-2H3. The van der Waals surface area contributed by atoms with E-state index in [-0.39, 0.29) is 11.5 Å². The van der Waals surface area contributed by atoms with Crippen LogP contribution in [0.1, 0.15) is 33.1 Å². The lowest BCUT2D eigenvalue weighted by Crippen LogP contribution is -2.46. The van der Waals surface area contributed by atoms with Gasteiger partial charge in [0.15, 0.2) is 0 Å². The molecule has 0 bridgehead atoms. The Morgan fingerprint density at radius 1 is 1.40 bits per heavy atom. The van der Waals surface area contributed by atoms with E-state index in [0.29, 0.717) is 0 Å². The summed E-state index contributed by atoms with van der Waals surface area (Å²) in [5.74, 6) is -3.92. The minimum Gasteiger partial charge on any atom is -0.308 e. The summed E-state index contributed by atoms with van der Waals surface area (Å²) in [5.41, 5.74) is -0.0712. The van der Waals surface area contributed by atoms with Crippen LogP contribution in [0, 0.1) is 5.41 Å². The third-order valence-electron chi connectivity index (χ3n) is 3.16. The fourth-order valence-electron chi connectivity index (χ4n) is 2.04. The maximum Gasteiger partial charge on any atom is 0.319 e. The van der Waals surface area contributed by atoms with Crippen LogP contribution in [0.15, 0.2) is 0 Å². The van der Waals surface area contributed by atoms with Gasteiger partial charge in [-0.1, -0.05) is 20.3 Å². The lowest BCUT2D eigenvalue weighted by molar-refractivity contribution is -0.127. The summed E-state index contributed by atoms with van der Waals surface area (Å²) in [4.78, 5) is 0. The van der Waals surface area contributed by atoms with Crippen LogP contribution < -0.4 is 5.32 Å².